The Labute approximate surface area is 315 Å². The molecule has 0 N–H and O–H groups in total. The highest BCUT2D eigenvalue weighted by atomic mass is 35.5. The van der Waals surface area contributed by atoms with Crippen molar-refractivity contribution in [3.05, 3.63) is 80.7 Å². The van der Waals surface area contributed by atoms with Gasteiger partial charge >= 0.3 is 24.5 Å². The number of hydrogen-bond acceptors (Lipinski definition) is 12. The number of alkyl halides is 2. The van der Waals surface area contributed by atoms with Crippen molar-refractivity contribution in [3.63, 3.8) is 0 Å². The highest BCUT2D eigenvalue weighted by molar-refractivity contribution is 7.74. The summed E-state index contributed by atoms with van der Waals surface area (Å²) in [5, 5.41) is 11.7. The molecule has 0 saturated heterocycles. The number of carbonyl (C=O) groups excluding carboxylic acids is 3. The lowest BCUT2D eigenvalue weighted by atomic mass is 10.0. The van der Waals surface area contributed by atoms with Crippen LogP contribution in [0.3, 0.4) is 0 Å². The van der Waals surface area contributed by atoms with E-state index in [1.807, 2.05) is 0 Å². The zero-order valence-corrected chi connectivity index (χ0v) is 31.3. The van der Waals surface area contributed by atoms with Gasteiger partial charge in [0.25, 0.3) is 0 Å². The molecule has 0 spiro atoms. The van der Waals surface area contributed by atoms with Gasteiger partial charge in [-0.15, -0.1) is 0 Å². The van der Waals surface area contributed by atoms with Crippen LogP contribution in [0.2, 0.25) is 10.0 Å². The summed E-state index contributed by atoms with van der Waals surface area (Å²) < 4.78 is 83.4. The van der Waals surface area contributed by atoms with Gasteiger partial charge in [-0.2, -0.15) is 13.5 Å². The first kappa shape index (κ1) is 41.2. The van der Waals surface area contributed by atoms with Crippen molar-refractivity contribution in [1.82, 2.24) is 0 Å². The van der Waals surface area contributed by atoms with Crippen molar-refractivity contribution >= 4 is 57.7 Å². The molecular formula is C34H36Cl2F2N2O12S. The zero-order chi connectivity index (χ0) is 39.0. The predicted molar refractivity (Wildman–Crippen MR) is 186 cm³/mol. The van der Waals surface area contributed by atoms with E-state index in [-0.39, 0.29) is 68.6 Å². The molecule has 0 amide bonds. The predicted octanol–water partition coefficient (Wildman–Crippen LogP) is 5.38. The molecule has 0 bridgehead atoms. The Morgan fingerprint density at radius 1 is 1.00 bits per heavy atom. The Morgan fingerprint density at radius 2 is 1.66 bits per heavy atom. The quantitative estimate of drug-likeness (QED) is 0.0608. The van der Waals surface area contributed by atoms with Gasteiger partial charge in [0.2, 0.25) is 10.9 Å². The Morgan fingerprint density at radius 3 is 2.25 bits per heavy atom. The molecule has 4 rings (SSSR count). The number of carbonyl (C=O) groups is 3. The molecule has 1 aromatic heterocycles. The van der Waals surface area contributed by atoms with E-state index in [9.17, 15) is 36.8 Å². The number of rotatable bonds is 17. The molecule has 2 aromatic carbocycles. The summed E-state index contributed by atoms with van der Waals surface area (Å²) >= 11 is 12.6. The first-order valence-corrected chi connectivity index (χ1v) is 17.8. The average molecular weight is 806 g/mol. The third-order valence-corrected chi connectivity index (χ3v) is 8.76. The van der Waals surface area contributed by atoms with Crippen LogP contribution in [0, 0.1) is 11.1 Å². The number of aromatic nitrogens is 1. The van der Waals surface area contributed by atoms with Gasteiger partial charge < -0.3 is 33.6 Å². The smallest absolute Gasteiger partial charge is 0.387 e. The third kappa shape index (κ3) is 12.2. The highest BCUT2D eigenvalue weighted by Gasteiger charge is 2.28. The van der Waals surface area contributed by atoms with E-state index in [2.05, 4.69) is 4.74 Å². The van der Waals surface area contributed by atoms with E-state index < -0.39 is 60.3 Å². The maximum absolute atomic E-state index is 13.2. The van der Waals surface area contributed by atoms with Crippen molar-refractivity contribution < 1.29 is 64.7 Å². The van der Waals surface area contributed by atoms with Crippen LogP contribution in [-0.2, 0) is 41.1 Å². The second kappa shape index (κ2) is 17.9. The van der Waals surface area contributed by atoms with Gasteiger partial charge in [0.1, 0.15) is 34.0 Å². The Bertz CT molecular complexity index is 1870. The summed E-state index contributed by atoms with van der Waals surface area (Å²) in [7, 11) is -2.17. The molecular weight excluding hydrogens is 769 g/mol. The monoisotopic (exact) mass is 804 g/mol. The van der Waals surface area contributed by atoms with Gasteiger partial charge in [-0.25, -0.2) is 18.0 Å². The standard InChI is InChI=1S/C34H36Cl2F2N2O12S/c1-34(2,3)52-30(41)16-40(53(45)46)25-11-21(8-9-26(25)47-4)32(43)49-18-31(42)50-28(13-22-23(35)14-39(44)15-24(22)36)20-7-10-27(51-33(37)38)29(12-20)48-17-19-5-6-19/h7-12,14-15,19,28,33,53H,5-6,13,16-18H2,1-4H3/t28-/m0/s1. The van der Waals surface area contributed by atoms with E-state index in [0.717, 1.165) is 31.3 Å². The largest absolute Gasteiger partial charge is 0.619 e. The molecule has 0 unspecified atom stereocenters. The van der Waals surface area contributed by atoms with Crippen LogP contribution in [0.15, 0.2) is 48.8 Å². The van der Waals surface area contributed by atoms with Crippen molar-refractivity contribution in [2.45, 2.75) is 58.4 Å². The van der Waals surface area contributed by atoms with Crippen molar-refractivity contribution in [2.24, 2.45) is 5.92 Å². The van der Waals surface area contributed by atoms with Gasteiger partial charge in [0.05, 0.1) is 25.0 Å². The van der Waals surface area contributed by atoms with Gasteiger partial charge in [-0.3, -0.25) is 9.10 Å². The highest BCUT2D eigenvalue weighted by Crippen LogP contribution is 2.38. The number of nitrogens with zero attached hydrogens (tertiary/aromatic N) is 2. The normalized spacial score (nSPS) is 13.3. The summed E-state index contributed by atoms with van der Waals surface area (Å²) in [6.07, 6.45) is 2.45. The summed E-state index contributed by atoms with van der Waals surface area (Å²) in [5.74, 6) is -3.05. The maximum Gasteiger partial charge on any atom is 0.387 e. The molecule has 1 aliphatic carbocycles. The lowest BCUT2D eigenvalue weighted by Crippen LogP contribution is -2.34. The minimum absolute atomic E-state index is 0.00209. The summed E-state index contributed by atoms with van der Waals surface area (Å²) in [6.45, 7) is 0.234. The number of ether oxygens (including phenoxy) is 6. The van der Waals surface area contributed by atoms with Gasteiger partial charge in [0.15, 0.2) is 30.5 Å². The first-order valence-electron chi connectivity index (χ1n) is 15.9. The molecule has 19 heteroatoms. The molecule has 1 saturated carbocycles. The molecule has 1 heterocycles. The molecule has 0 radical (unpaired) electrons. The molecule has 1 aliphatic rings. The molecule has 3 aromatic rings. The molecule has 14 nitrogen and oxygen atoms in total. The summed E-state index contributed by atoms with van der Waals surface area (Å²) in [5.41, 5.74) is -0.849. The van der Waals surface area contributed by atoms with Gasteiger partial charge in [0, 0.05) is 12.0 Å². The van der Waals surface area contributed by atoms with E-state index in [4.69, 9.17) is 46.9 Å². The van der Waals surface area contributed by atoms with E-state index in [0.29, 0.717) is 9.04 Å². The summed E-state index contributed by atoms with van der Waals surface area (Å²) in [6, 6.07) is 7.53. The minimum Gasteiger partial charge on any atom is -0.619 e. The molecule has 0 aliphatic heterocycles. The number of hydrogen-bond donors (Lipinski definition) is 1. The lowest BCUT2D eigenvalue weighted by Gasteiger charge is -2.24. The fourth-order valence-electron chi connectivity index (χ4n) is 4.81. The van der Waals surface area contributed by atoms with E-state index in [1.54, 1.807) is 20.8 Å². The number of pyridine rings is 1. The fourth-order valence-corrected chi connectivity index (χ4v) is 5.97. The second-order valence-electron chi connectivity index (χ2n) is 12.7. The number of thiol groups is 1. The third-order valence-electron chi connectivity index (χ3n) is 7.36. The van der Waals surface area contributed by atoms with Gasteiger partial charge in [-0.1, -0.05) is 29.3 Å². The van der Waals surface area contributed by atoms with Crippen LogP contribution in [0.25, 0.3) is 0 Å². The molecule has 1 atom stereocenters. The Balaban J connectivity index is 1.56. The van der Waals surface area contributed by atoms with Gasteiger partial charge in [-0.05, 0) is 75.4 Å². The van der Waals surface area contributed by atoms with Crippen LogP contribution >= 0.6 is 23.2 Å². The second-order valence-corrected chi connectivity index (χ2v) is 14.4. The summed E-state index contributed by atoms with van der Waals surface area (Å²) in [4.78, 5) is 38.7. The number of anilines is 1. The Kier molecular flexibility index (Phi) is 13.9. The van der Waals surface area contributed by atoms with Crippen molar-refractivity contribution in [1.29, 1.82) is 0 Å². The molecule has 288 valence electrons. The molecule has 1 fully saturated rings. The first-order chi connectivity index (χ1) is 24.9. The van der Waals surface area contributed by atoms with Crippen LogP contribution in [0.4, 0.5) is 14.5 Å². The van der Waals surface area contributed by atoms with E-state index >= 15 is 0 Å². The lowest BCUT2D eigenvalue weighted by molar-refractivity contribution is -0.605. The topological polar surface area (TPSA) is 171 Å². The van der Waals surface area contributed by atoms with Crippen LogP contribution in [0.5, 0.6) is 17.2 Å². The Hall–Kier alpha value is -4.61. The SMILES string of the molecule is COc1ccc(C(=O)OCC(=O)O[C@@H](Cc2c(Cl)c[n+]([O-])cc2Cl)c2ccc(OC(F)F)c(OCC3CC3)c2)cc1N(CC(=O)OC(C)(C)C)[SH](=O)=O. The van der Waals surface area contributed by atoms with Crippen LogP contribution in [0.1, 0.15) is 61.2 Å². The number of benzene rings is 2. The van der Waals surface area contributed by atoms with E-state index in [1.165, 1.54) is 37.4 Å². The maximum atomic E-state index is 13.2. The van der Waals surface area contributed by atoms with Crippen molar-refractivity contribution in [3.8, 4) is 17.2 Å². The number of methoxy groups -OCH3 is 1. The van der Waals surface area contributed by atoms with Crippen LogP contribution < -0.4 is 23.2 Å². The molecule has 53 heavy (non-hydrogen) atoms. The fraction of sp³-hybridized carbons (Fsp3) is 0.412. The average Bonchev–Trinajstić information content (AvgIpc) is 3.90. The zero-order valence-electron chi connectivity index (χ0n) is 28.8. The number of halogens is 4. The van der Waals surface area contributed by atoms with Crippen molar-refractivity contribution in [2.75, 3.05) is 31.2 Å². The number of esters is 3. The van der Waals surface area contributed by atoms with Crippen LogP contribution in [-0.4, -0.2) is 65.4 Å². The minimum atomic E-state index is -3.42.